The van der Waals surface area contributed by atoms with E-state index < -0.39 is 23.3 Å². The third-order valence-corrected chi connectivity index (χ3v) is 3.94. The third-order valence-electron chi connectivity index (χ3n) is 2.71. The number of hydrogen-bond acceptors (Lipinski definition) is 3. The molecule has 1 aromatic heterocycles. The van der Waals surface area contributed by atoms with Gasteiger partial charge in [0.1, 0.15) is 11.4 Å². The second-order valence-corrected chi connectivity index (χ2v) is 5.21. The minimum absolute atomic E-state index is 0.0473. The van der Waals surface area contributed by atoms with E-state index in [1.807, 2.05) is 13.0 Å². The van der Waals surface area contributed by atoms with Crippen LogP contribution in [0.15, 0.2) is 30.3 Å². The number of carbonyl (C=O) groups excluding carboxylic acids is 1. The Balaban J connectivity index is 2.28. The average Bonchev–Trinajstić information content (AvgIpc) is 2.87. The molecule has 0 spiro atoms. The number of carboxylic acids is 1. The molecule has 0 aliphatic rings. The van der Waals surface area contributed by atoms with Gasteiger partial charge in [0.25, 0.3) is 5.91 Å². The van der Waals surface area contributed by atoms with Gasteiger partial charge in [-0.15, -0.1) is 11.3 Å². The SMILES string of the molecule is CCc1ccc(C(=O)Nc2cccc(F)c2C(=O)O)s1. The molecule has 0 radical (unpaired) electrons. The Hall–Kier alpha value is -2.21. The summed E-state index contributed by atoms with van der Waals surface area (Å²) in [5, 5.41) is 11.4. The first-order valence-corrected chi connectivity index (χ1v) is 6.76. The lowest BCUT2D eigenvalue weighted by Gasteiger charge is -2.08. The van der Waals surface area contributed by atoms with Gasteiger partial charge in [-0.2, -0.15) is 0 Å². The van der Waals surface area contributed by atoms with Crippen molar-refractivity contribution < 1.29 is 19.1 Å². The summed E-state index contributed by atoms with van der Waals surface area (Å²) in [5.74, 6) is -2.74. The summed E-state index contributed by atoms with van der Waals surface area (Å²) in [5.41, 5.74) is -0.581. The van der Waals surface area contributed by atoms with Gasteiger partial charge in [0.05, 0.1) is 10.6 Å². The second kappa shape index (κ2) is 5.83. The van der Waals surface area contributed by atoms with Crippen molar-refractivity contribution in [1.29, 1.82) is 0 Å². The van der Waals surface area contributed by atoms with E-state index in [2.05, 4.69) is 5.32 Å². The number of carboxylic acid groups (broad SMARTS) is 1. The Labute approximate surface area is 118 Å². The van der Waals surface area contributed by atoms with Crippen molar-refractivity contribution in [1.82, 2.24) is 0 Å². The highest BCUT2D eigenvalue weighted by Crippen LogP contribution is 2.22. The van der Waals surface area contributed by atoms with E-state index in [1.54, 1.807) is 6.07 Å². The van der Waals surface area contributed by atoms with Crippen molar-refractivity contribution in [3.05, 3.63) is 51.5 Å². The predicted octanol–water partition coefficient (Wildman–Crippen LogP) is 3.40. The van der Waals surface area contributed by atoms with Crippen molar-refractivity contribution in [2.45, 2.75) is 13.3 Å². The van der Waals surface area contributed by atoms with Gasteiger partial charge in [-0.25, -0.2) is 9.18 Å². The molecule has 0 aliphatic carbocycles. The number of halogens is 1. The molecule has 0 aliphatic heterocycles. The van der Waals surface area contributed by atoms with E-state index in [-0.39, 0.29) is 5.69 Å². The van der Waals surface area contributed by atoms with E-state index in [0.29, 0.717) is 4.88 Å². The molecule has 2 N–H and O–H groups in total. The molecule has 0 atom stereocenters. The van der Waals surface area contributed by atoms with Gasteiger partial charge < -0.3 is 10.4 Å². The second-order valence-electron chi connectivity index (χ2n) is 4.04. The largest absolute Gasteiger partial charge is 0.478 e. The number of nitrogens with one attached hydrogen (secondary N) is 1. The molecule has 1 heterocycles. The zero-order valence-corrected chi connectivity index (χ0v) is 11.5. The number of hydrogen-bond donors (Lipinski definition) is 2. The first-order valence-electron chi connectivity index (χ1n) is 5.94. The predicted molar refractivity (Wildman–Crippen MR) is 75.0 cm³/mol. The summed E-state index contributed by atoms with van der Waals surface area (Å²) in [4.78, 5) is 24.5. The van der Waals surface area contributed by atoms with Gasteiger partial charge in [-0.3, -0.25) is 4.79 Å². The number of aryl methyl sites for hydroxylation is 1. The minimum atomic E-state index is -1.42. The van der Waals surface area contributed by atoms with Crippen LogP contribution in [0.3, 0.4) is 0 Å². The van der Waals surface area contributed by atoms with Crippen LogP contribution in [0.2, 0.25) is 0 Å². The van der Waals surface area contributed by atoms with Crippen molar-refractivity contribution in [2.75, 3.05) is 5.32 Å². The van der Waals surface area contributed by atoms with Crippen molar-refractivity contribution in [3.63, 3.8) is 0 Å². The molecule has 1 aromatic carbocycles. The maximum Gasteiger partial charge on any atom is 0.340 e. The van der Waals surface area contributed by atoms with E-state index in [9.17, 15) is 14.0 Å². The number of aromatic carboxylic acids is 1. The Morgan fingerprint density at radius 1 is 1.30 bits per heavy atom. The van der Waals surface area contributed by atoms with Crippen LogP contribution in [0, 0.1) is 5.82 Å². The normalized spacial score (nSPS) is 10.3. The quantitative estimate of drug-likeness (QED) is 0.908. The number of rotatable bonds is 4. The molecule has 4 nitrogen and oxygen atoms in total. The smallest absolute Gasteiger partial charge is 0.340 e. The molecule has 0 saturated heterocycles. The van der Waals surface area contributed by atoms with Gasteiger partial charge >= 0.3 is 5.97 Å². The number of carbonyl (C=O) groups is 2. The molecule has 104 valence electrons. The highest BCUT2D eigenvalue weighted by molar-refractivity contribution is 7.14. The number of anilines is 1. The van der Waals surface area contributed by atoms with Crippen LogP contribution in [0.1, 0.15) is 31.8 Å². The van der Waals surface area contributed by atoms with Crippen molar-refractivity contribution in [2.24, 2.45) is 0 Å². The van der Waals surface area contributed by atoms with Crippen LogP contribution < -0.4 is 5.32 Å². The lowest BCUT2D eigenvalue weighted by molar-refractivity contribution is 0.0693. The molecule has 0 unspecified atom stereocenters. The Morgan fingerprint density at radius 2 is 2.05 bits per heavy atom. The van der Waals surface area contributed by atoms with Crippen LogP contribution in [-0.4, -0.2) is 17.0 Å². The molecule has 2 rings (SSSR count). The minimum Gasteiger partial charge on any atom is -0.478 e. The van der Waals surface area contributed by atoms with E-state index in [0.717, 1.165) is 17.4 Å². The third kappa shape index (κ3) is 2.85. The van der Waals surface area contributed by atoms with E-state index in [1.165, 1.54) is 23.5 Å². The maximum absolute atomic E-state index is 13.5. The summed E-state index contributed by atoms with van der Waals surface area (Å²) in [7, 11) is 0. The fourth-order valence-electron chi connectivity index (χ4n) is 1.72. The fraction of sp³-hybridized carbons (Fsp3) is 0.143. The van der Waals surface area contributed by atoms with Crippen LogP contribution in [0.5, 0.6) is 0 Å². The summed E-state index contributed by atoms with van der Waals surface area (Å²) in [6.45, 7) is 1.97. The first kappa shape index (κ1) is 14.2. The molecule has 20 heavy (non-hydrogen) atoms. The molecular weight excluding hydrogens is 281 g/mol. The van der Waals surface area contributed by atoms with Gasteiger partial charge in [0.2, 0.25) is 0 Å². The topological polar surface area (TPSA) is 66.4 Å². The van der Waals surface area contributed by atoms with Crippen molar-refractivity contribution in [3.8, 4) is 0 Å². The lowest BCUT2D eigenvalue weighted by Crippen LogP contribution is -2.14. The van der Waals surface area contributed by atoms with Crippen LogP contribution in [-0.2, 0) is 6.42 Å². The zero-order chi connectivity index (χ0) is 14.7. The van der Waals surface area contributed by atoms with Crippen LogP contribution in [0.4, 0.5) is 10.1 Å². The highest BCUT2D eigenvalue weighted by Gasteiger charge is 2.18. The highest BCUT2D eigenvalue weighted by atomic mass is 32.1. The molecular formula is C14H12FNO3S. The Kier molecular flexibility index (Phi) is 4.14. The average molecular weight is 293 g/mol. The van der Waals surface area contributed by atoms with Gasteiger partial charge in [0, 0.05) is 4.88 Å². The lowest BCUT2D eigenvalue weighted by atomic mass is 10.1. The summed E-state index contributed by atoms with van der Waals surface area (Å²) >= 11 is 1.33. The van der Waals surface area contributed by atoms with E-state index >= 15 is 0 Å². The molecule has 0 bridgehead atoms. The molecule has 0 saturated carbocycles. The van der Waals surface area contributed by atoms with Crippen LogP contribution >= 0.6 is 11.3 Å². The summed E-state index contributed by atoms with van der Waals surface area (Å²) < 4.78 is 13.5. The first-order chi connectivity index (χ1) is 9.52. The number of benzene rings is 1. The van der Waals surface area contributed by atoms with E-state index in [4.69, 9.17) is 5.11 Å². The monoisotopic (exact) mass is 293 g/mol. The standard InChI is InChI=1S/C14H12FNO3S/c1-2-8-6-7-11(20-8)13(17)16-10-5-3-4-9(15)12(10)14(18)19/h3-7H,2H2,1H3,(H,16,17)(H,18,19). The fourth-order valence-corrected chi connectivity index (χ4v) is 2.56. The molecule has 1 amide bonds. The summed E-state index contributed by atoms with van der Waals surface area (Å²) in [6, 6.07) is 7.25. The van der Waals surface area contributed by atoms with Gasteiger partial charge in [0.15, 0.2) is 0 Å². The number of thiophene rings is 1. The molecule has 0 fully saturated rings. The Bertz CT molecular complexity index is 666. The van der Waals surface area contributed by atoms with Gasteiger partial charge in [-0.1, -0.05) is 13.0 Å². The van der Waals surface area contributed by atoms with Gasteiger partial charge in [-0.05, 0) is 30.7 Å². The maximum atomic E-state index is 13.5. The van der Waals surface area contributed by atoms with Crippen LogP contribution in [0.25, 0.3) is 0 Å². The van der Waals surface area contributed by atoms with Crippen molar-refractivity contribution >= 4 is 28.9 Å². The number of amides is 1. The molecule has 2 aromatic rings. The molecule has 6 heteroatoms. The summed E-state index contributed by atoms with van der Waals surface area (Å²) in [6.07, 6.45) is 0.818. The Morgan fingerprint density at radius 3 is 2.65 bits per heavy atom. The zero-order valence-electron chi connectivity index (χ0n) is 10.6.